The molecule has 1 aliphatic rings. The topological polar surface area (TPSA) is 57.6 Å². The van der Waals surface area contributed by atoms with Gasteiger partial charge in [0.1, 0.15) is 5.54 Å². The minimum atomic E-state index is -0.955. The first-order chi connectivity index (χ1) is 7.63. The van der Waals surface area contributed by atoms with Crippen LogP contribution in [-0.4, -0.2) is 34.5 Å². The number of amides is 1. The number of carboxylic acid groups (broad SMARTS) is 1. The van der Waals surface area contributed by atoms with Crippen molar-refractivity contribution in [3.8, 4) is 0 Å². The summed E-state index contributed by atoms with van der Waals surface area (Å²) in [5.41, 5.74) is -0.955. The average molecular weight is 227 g/mol. The Hall–Kier alpha value is -1.06. The van der Waals surface area contributed by atoms with Crippen molar-refractivity contribution < 1.29 is 14.7 Å². The molecule has 1 amide bonds. The van der Waals surface area contributed by atoms with Crippen molar-refractivity contribution in [2.45, 2.75) is 51.5 Å². The number of carbonyl (C=O) groups is 2. The molecule has 0 aromatic carbocycles. The smallest absolute Gasteiger partial charge is 0.329 e. The summed E-state index contributed by atoms with van der Waals surface area (Å²) in [6.45, 7) is 4.30. The zero-order valence-corrected chi connectivity index (χ0v) is 10.1. The summed E-state index contributed by atoms with van der Waals surface area (Å²) in [7, 11) is 0. The molecule has 0 aromatic heterocycles. The van der Waals surface area contributed by atoms with Gasteiger partial charge in [0.15, 0.2) is 0 Å². The number of likely N-dealkylation sites (N-methyl/N-ethyl adjacent to an activating group) is 1. The van der Waals surface area contributed by atoms with Crippen molar-refractivity contribution in [1.29, 1.82) is 0 Å². The monoisotopic (exact) mass is 227 g/mol. The van der Waals surface area contributed by atoms with Crippen LogP contribution in [0.15, 0.2) is 0 Å². The largest absolute Gasteiger partial charge is 0.479 e. The fourth-order valence-corrected chi connectivity index (χ4v) is 3.00. The van der Waals surface area contributed by atoms with E-state index in [4.69, 9.17) is 0 Å². The van der Waals surface area contributed by atoms with E-state index in [1.165, 1.54) is 4.90 Å². The number of hydrogen-bond donors (Lipinski definition) is 1. The third-order valence-corrected chi connectivity index (χ3v) is 3.88. The SMILES string of the molecule is CCC1CCCCC1(C(=O)O)N(C=O)CC. The molecular formula is C12H21NO3. The predicted molar refractivity (Wildman–Crippen MR) is 61.1 cm³/mol. The third-order valence-electron chi connectivity index (χ3n) is 3.88. The van der Waals surface area contributed by atoms with Crippen molar-refractivity contribution in [3.63, 3.8) is 0 Å². The van der Waals surface area contributed by atoms with Crippen molar-refractivity contribution in [2.75, 3.05) is 6.54 Å². The lowest BCUT2D eigenvalue weighted by atomic mass is 9.70. The lowest BCUT2D eigenvalue weighted by Crippen LogP contribution is -2.60. The van der Waals surface area contributed by atoms with Gasteiger partial charge in [-0.05, 0) is 25.7 Å². The van der Waals surface area contributed by atoms with Gasteiger partial charge in [-0.3, -0.25) is 4.79 Å². The Kier molecular flexibility index (Phi) is 4.33. The Morgan fingerprint density at radius 2 is 2.19 bits per heavy atom. The van der Waals surface area contributed by atoms with Crippen molar-refractivity contribution >= 4 is 12.4 Å². The molecule has 4 nitrogen and oxygen atoms in total. The zero-order chi connectivity index (χ0) is 12.2. The van der Waals surface area contributed by atoms with E-state index in [1.54, 1.807) is 0 Å². The summed E-state index contributed by atoms with van der Waals surface area (Å²) in [4.78, 5) is 24.1. The van der Waals surface area contributed by atoms with Crippen molar-refractivity contribution in [2.24, 2.45) is 5.92 Å². The lowest BCUT2D eigenvalue weighted by molar-refractivity contribution is -0.162. The van der Waals surface area contributed by atoms with Gasteiger partial charge in [-0.15, -0.1) is 0 Å². The summed E-state index contributed by atoms with van der Waals surface area (Å²) in [5.74, 6) is -0.753. The van der Waals surface area contributed by atoms with E-state index in [0.29, 0.717) is 19.4 Å². The van der Waals surface area contributed by atoms with E-state index in [-0.39, 0.29) is 5.92 Å². The molecular weight excluding hydrogens is 206 g/mol. The molecule has 92 valence electrons. The normalized spacial score (nSPS) is 29.8. The van der Waals surface area contributed by atoms with Gasteiger partial charge in [0.25, 0.3) is 0 Å². The number of aliphatic carboxylic acids is 1. The second kappa shape index (κ2) is 5.32. The fraction of sp³-hybridized carbons (Fsp3) is 0.833. The summed E-state index contributed by atoms with van der Waals surface area (Å²) in [5, 5.41) is 9.52. The fourth-order valence-electron chi connectivity index (χ4n) is 3.00. The highest BCUT2D eigenvalue weighted by Gasteiger charge is 2.50. The van der Waals surface area contributed by atoms with Gasteiger partial charge in [-0.25, -0.2) is 4.79 Å². The molecule has 1 saturated carbocycles. The molecule has 2 unspecified atom stereocenters. The van der Waals surface area contributed by atoms with Crippen LogP contribution >= 0.6 is 0 Å². The van der Waals surface area contributed by atoms with E-state index < -0.39 is 11.5 Å². The molecule has 1 N–H and O–H groups in total. The Bertz CT molecular complexity index is 267. The summed E-state index contributed by atoms with van der Waals surface area (Å²) in [6, 6.07) is 0. The molecule has 16 heavy (non-hydrogen) atoms. The Balaban J connectivity index is 3.09. The molecule has 0 spiro atoms. The summed E-state index contributed by atoms with van der Waals surface area (Å²) in [6.07, 6.45) is 4.98. The van der Waals surface area contributed by atoms with Crippen LogP contribution in [0, 0.1) is 5.92 Å². The summed E-state index contributed by atoms with van der Waals surface area (Å²) >= 11 is 0. The van der Waals surface area contributed by atoms with Crippen LogP contribution in [-0.2, 0) is 9.59 Å². The molecule has 2 atom stereocenters. The number of carboxylic acids is 1. The first-order valence-corrected chi connectivity index (χ1v) is 6.08. The first kappa shape index (κ1) is 13.0. The van der Waals surface area contributed by atoms with Gasteiger partial charge in [0, 0.05) is 6.54 Å². The lowest BCUT2D eigenvalue weighted by Gasteiger charge is -2.46. The maximum atomic E-state index is 11.6. The maximum absolute atomic E-state index is 11.6. The van der Waals surface area contributed by atoms with Crippen LogP contribution in [0.3, 0.4) is 0 Å². The Labute approximate surface area is 96.6 Å². The van der Waals surface area contributed by atoms with Crippen LogP contribution in [0.25, 0.3) is 0 Å². The number of hydrogen-bond acceptors (Lipinski definition) is 2. The van der Waals surface area contributed by atoms with Crippen LogP contribution in [0.4, 0.5) is 0 Å². The number of rotatable bonds is 5. The van der Waals surface area contributed by atoms with Crippen molar-refractivity contribution in [1.82, 2.24) is 4.90 Å². The molecule has 1 fully saturated rings. The number of carbonyl (C=O) groups excluding carboxylic acids is 1. The molecule has 1 rings (SSSR count). The molecule has 0 aromatic rings. The van der Waals surface area contributed by atoms with Gasteiger partial charge in [0.05, 0.1) is 0 Å². The van der Waals surface area contributed by atoms with Crippen LogP contribution in [0.5, 0.6) is 0 Å². The van der Waals surface area contributed by atoms with Crippen molar-refractivity contribution in [3.05, 3.63) is 0 Å². The van der Waals surface area contributed by atoms with E-state index in [2.05, 4.69) is 0 Å². The highest BCUT2D eigenvalue weighted by atomic mass is 16.4. The van der Waals surface area contributed by atoms with Crippen LogP contribution in [0.1, 0.15) is 46.0 Å². The van der Waals surface area contributed by atoms with Gasteiger partial charge in [-0.1, -0.05) is 26.2 Å². The minimum Gasteiger partial charge on any atom is -0.479 e. The zero-order valence-electron chi connectivity index (χ0n) is 10.1. The Morgan fingerprint density at radius 3 is 2.62 bits per heavy atom. The second-order valence-corrected chi connectivity index (χ2v) is 4.47. The Morgan fingerprint density at radius 1 is 1.50 bits per heavy atom. The first-order valence-electron chi connectivity index (χ1n) is 6.08. The second-order valence-electron chi connectivity index (χ2n) is 4.47. The molecule has 1 aliphatic carbocycles. The molecule has 0 bridgehead atoms. The van der Waals surface area contributed by atoms with Crippen LogP contribution in [0.2, 0.25) is 0 Å². The molecule has 0 saturated heterocycles. The van der Waals surface area contributed by atoms with Gasteiger partial charge < -0.3 is 10.0 Å². The van der Waals surface area contributed by atoms with E-state index in [1.807, 2.05) is 13.8 Å². The van der Waals surface area contributed by atoms with Gasteiger partial charge in [-0.2, -0.15) is 0 Å². The molecule has 0 aliphatic heterocycles. The maximum Gasteiger partial charge on any atom is 0.329 e. The predicted octanol–water partition coefficient (Wildman–Crippen LogP) is 1.89. The number of nitrogens with zero attached hydrogens (tertiary/aromatic N) is 1. The van der Waals surface area contributed by atoms with Gasteiger partial charge in [0.2, 0.25) is 6.41 Å². The highest BCUT2D eigenvalue weighted by Crippen LogP contribution is 2.40. The highest BCUT2D eigenvalue weighted by molar-refractivity contribution is 5.82. The molecule has 0 radical (unpaired) electrons. The standard InChI is InChI=1S/C12H21NO3/c1-3-10-7-5-6-8-12(10,11(15)16)13(4-2)9-14/h9-10H,3-8H2,1-2H3,(H,15,16). The van der Waals surface area contributed by atoms with Gasteiger partial charge >= 0.3 is 5.97 Å². The molecule has 0 heterocycles. The van der Waals surface area contributed by atoms with Crippen LogP contribution < -0.4 is 0 Å². The average Bonchev–Trinajstić information content (AvgIpc) is 2.30. The minimum absolute atomic E-state index is 0.0869. The molecule has 4 heteroatoms. The van der Waals surface area contributed by atoms with E-state index >= 15 is 0 Å². The third kappa shape index (κ3) is 1.93. The van der Waals surface area contributed by atoms with E-state index in [0.717, 1.165) is 25.7 Å². The summed E-state index contributed by atoms with van der Waals surface area (Å²) < 4.78 is 0. The quantitative estimate of drug-likeness (QED) is 0.730. The van der Waals surface area contributed by atoms with E-state index in [9.17, 15) is 14.7 Å².